The first-order valence-electron chi connectivity index (χ1n) is 9.63. The molecule has 8 heteroatoms. The summed E-state index contributed by atoms with van der Waals surface area (Å²) >= 11 is 0. The Bertz CT molecular complexity index is 527. The molecule has 0 saturated carbocycles. The molecule has 1 N–H and O–H groups in total. The van der Waals surface area contributed by atoms with Crippen LogP contribution in [0.4, 0.5) is 8.78 Å². The van der Waals surface area contributed by atoms with Gasteiger partial charge >= 0.3 is 0 Å². The summed E-state index contributed by atoms with van der Waals surface area (Å²) in [6, 6.07) is -0.783. The number of piperidine rings is 1. The molecule has 148 valence electrons. The third-order valence-electron chi connectivity index (χ3n) is 5.67. The Labute approximate surface area is 153 Å². The molecule has 3 heterocycles. The fourth-order valence-corrected chi connectivity index (χ4v) is 4.39. The predicted molar refractivity (Wildman–Crippen MR) is 93.9 cm³/mol. The molecule has 3 aliphatic heterocycles. The Balaban J connectivity index is 1.44. The zero-order valence-electron chi connectivity index (χ0n) is 15.7. The maximum Gasteiger partial charge on any atom is 0.262 e. The van der Waals surface area contributed by atoms with E-state index in [-0.39, 0.29) is 11.8 Å². The molecule has 3 saturated heterocycles. The first-order valence-corrected chi connectivity index (χ1v) is 9.63. The van der Waals surface area contributed by atoms with Gasteiger partial charge in [-0.05, 0) is 18.3 Å². The summed E-state index contributed by atoms with van der Waals surface area (Å²) in [5.41, 5.74) is 0. The highest BCUT2D eigenvalue weighted by molar-refractivity contribution is 5.82. The zero-order valence-corrected chi connectivity index (χ0v) is 15.7. The van der Waals surface area contributed by atoms with Gasteiger partial charge in [-0.3, -0.25) is 19.8 Å². The number of nitrogens with zero attached hydrogens (tertiary/aromatic N) is 3. The van der Waals surface area contributed by atoms with Crippen molar-refractivity contribution >= 4 is 11.8 Å². The van der Waals surface area contributed by atoms with Gasteiger partial charge in [0.2, 0.25) is 11.8 Å². The van der Waals surface area contributed by atoms with Gasteiger partial charge in [0.15, 0.2) is 0 Å². The first-order chi connectivity index (χ1) is 12.2. The van der Waals surface area contributed by atoms with Crippen molar-refractivity contribution in [3.63, 3.8) is 0 Å². The van der Waals surface area contributed by atoms with Crippen LogP contribution < -0.4 is 5.32 Å². The maximum absolute atomic E-state index is 13.3. The Kier molecular flexibility index (Phi) is 5.81. The van der Waals surface area contributed by atoms with E-state index in [2.05, 4.69) is 24.1 Å². The molecule has 3 atom stereocenters. The van der Waals surface area contributed by atoms with E-state index in [4.69, 9.17) is 0 Å². The third kappa shape index (κ3) is 4.71. The molecule has 3 unspecified atom stereocenters. The molecular formula is C18H30F2N4O2. The molecule has 3 fully saturated rings. The van der Waals surface area contributed by atoms with Crippen molar-refractivity contribution < 1.29 is 18.4 Å². The van der Waals surface area contributed by atoms with Crippen LogP contribution >= 0.6 is 0 Å². The lowest BCUT2D eigenvalue weighted by Crippen LogP contribution is -2.55. The third-order valence-corrected chi connectivity index (χ3v) is 5.67. The highest BCUT2D eigenvalue weighted by Gasteiger charge is 2.43. The van der Waals surface area contributed by atoms with Gasteiger partial charge < -0.3 is 9.80 Å². The average molecular weight is 372 g/mol. The predicted octanol–water partition coefficient (Wildman–Crippen LogP) is 0.632. The lowest BCUT2D eigenvalue weighted by molar-refractivity contribution is -0.138. The van der Waals surface area contributed by atoms with Crippen molar-refractivity contribution in [1.29, 1.82) is 0 Å². The fraction of sp³-hybridized carbons (Fsp3) is 0.889. The van der Waals surface area contributed by atoms with E-state index in [9.17, 15) is 18.4 Å². The van der Waals surface area contributed by atoms with Crippen LogP contribution in [0.15, 0.2) is 0 Å². The van der Waals surface area contributed by atoms with Crippen LogP contribution in [-0.4, -0.2) is 90.8 Å². The van der Waals surface area contributed by atoms with Crippen molar-refractivity contribution in [2.45, 2.75) is 38.7 Å². The second-order valence-electron chi connectivity index (χ2n) is 8.34. The number of carbonyl (C=O) groups is 2. The number of piperazine rings is 1. The monoisotopic (exact) mass is 372 g/mol. The number of likely N-dealkylation sites (tertiary alicyclic amines) is 1. The molecule has 0 spiro atoms. The minimum Gasteiger partial charge on any atom is -0.341 e. The van der Waals surface area contributed by atoms with Gasteiger partial charge in [-0.25, -0.2) is 8.78 Å². The highest BCUT2D eigenvalue weighted by Crippen LogP contribution is 2.26. The van der Waals surface area contributed by atoms with E-state index in [1.165, 1.54) is 6.42 Å². The van der Waals surface area contributed by atoms with Crippen LogP contribution in [0.5, 0.6) is 0 Å². The number of carbonyl (C=O) groups excluding carboxylic acids is 2. The summed E-state index contributed by atoms with van der Waals surface area (Å²) in [7, 11) is 0. The number of rotatable bonds is 3. The molecule has 3 rings (SSSR count). The number of hydrogen-bond donors (Lipinski definition) is 1. The van der Waals surface area contributed by atoms with Crippen LogP contribution in [0.25, 0.3) is 0 Å². The van der Waals surface area contributed by atoms with Crippen LogP contribution in [-0.2, 0) is 9.59 Å². The summed E-state index contributed by atoms with van der Waals surface area (Å²) in [5, 5.41) is 2.62. The van der Waals surface area contributed by atoms with Gasteiger partial charge in [-0.1, -0.05) is 13.8 Å². The molecular weight excluding hydrogens is 342 g/mol. The number of halogens is 2. The second kappa shape index (κ2) is 7.76. The lowest BCUT2D eigenvalue weighted by Gasteiger charge is -2.38. The minimum atomic E-state index is -2.79. The number of alkyl halides is 2. The van der Waals surface area contributed by atoms with E-state index in [1.54, 1.807) is 4.90 Å². The minimum absolute atomic E-state index is 0.153. The molecule has 6 nitrogen and oxygen atoms in total. The van der Waals surface area contributed by atoms with Gasteiger partial charge in [-0.2, -0.15) is 0 Å². The quantitative estimate of drug-likeness (QED) is 0.790. The molecule has 0 aromatic carbocycles. The molecule has 3 aliphatic rings. The van der Waals surface area contributed by atoms with Crippen LogP contribution in [0.1, 0.15) is 26.7 Å². The zero-order chi connectivity index (χ0) is 18.9. The smallest absolute Gasteiger partial charge is 0.262 e. The molecule has 0 aromatic rings. The topological polar surface area (TPSA) is 55.9 Å². The van der Waals surface area contributed by atoms with Gasteiger partial charge in [0.25, 0.3) is 5.92 Å². The van der Waals surface area contributed by atoms with Crippen molar-refractivity contribution in [2.24, 2.45) is 11.8 Å². The largest absolute Gasteiger partial charge is 0.341 e. The molecule has 0 bridgehead atoms. The van der Waals surface area contributed by atoms with Gasteiger partial charge in [0, 0.05) is 45.7 Å². The van der Waals surface area contributed by atoms with E-state index < -0.39 is 24.9 Å². The average Bonchev–Trinajstić information content (AvgIpc) is 2.94. The van der Waals surface area contributed by atoms with E-state index in [0.29, 0.717) is 44.6 Å². The van der Waals surface area contributed by atoms with E-state index >= 15 is 0 Å². The van der Waals surface area contributed by atoms with E-state index in [1.807, 2.05) is 4.90 Å². The molecule has 0 aliphatic carbocycles. The summed E-state index contributed by atoms with van der Waals surface area (Å²) < 4.78 is 26.6. The Morgan fingerprint density at radius 1 is 1.04 bits per heavy atom. The van der Waals surface area contributed by atoms with Crippen molar-refractivity contribution in [2.75, 3.05) is 52.4 Å². The molecule has 0 aromatic heterocycles. The van der Waals surface area contributed by atoms with Crippen molar-refractivity contribution in [1.82, 2.24) is 20.0 Å². The summed E-state index contributed by atoms with van der Waals surface area (Å²) in [6.45, 7) is 8.16. The highest BCUT2D eigenvalue weighted by atomic mass is 19.3. The molecule has 26 heavy (non-hydrogen) atoms. The Hall–Kier alpha value is -1.28. The second-order valence-corrected chi connectivity index (χ2v) is 8.34. The summed E-state index contributed by atoms with van der Waals surface area (Å²) in [5.74, 6) is -1.81. The van der Waals surface area contributed by atoms with Gasteiger partial charge in [-0.15, -0.1) is 0 Å². The van der Waals surface area contributed by atoms with Crippen LogP contribution in [0, 0.1) is 11.8 Å². The van der Waals surface area contributed by atoms with Crippen LogP contribution in [0.3, 0.4) is 0 Å². The molecule has 0 radical (unpaired) electrons. The molecule has 2 amide bonds. The van der Waals surface area contributed by atoms with Gasteiger partial charge in [0.05, 0.1) is 19.1 Å². The normalized spacial score (nSPS) is 32.7. The number of nitrogens with one attached hydrogen (secondary N) is 1. The Morgan fingerprint density at radius 2 is 1.65 bits per heavy atom. The summed E-state index contributed by atoms with van der Waals surface area (Å²) in [6.07, 6.45) is 0.745. The fourth-order valence-electron chi connectivity index (χ4n) is 4.39. The lowest BCUT2D eigenvalue weighted by atomic mass is 9.92. The Morgan fingerprint density at radius 3 is 2.19 bits per heavy atom. The maximum atomic E-state index is 13.3. The van der Waals surface area contributed by atoms with Gasteiger partial charge in [0.1, 0.15) is 0 Å². The number of amides is 2. The van der Waals surface area contributed by atoms with Crippen LogP contribution in [0.2, 0.25) is 0 Å². The van der Waals surface area contributed by atoms with Crippen molar-refractivity contribution in [3.8, 4) is 0 Å². The van der Waals surface area contributed by atoms with Crippen molar-refractivity contribution in [3.05, 3.63) is 0 Å². The number of hydrogen-bond acceptors (Lipinski definition) is 4. The first kappa shape index (κ1) is 19.5. The SMILES string of the molecule is CC1CC(C)CN(C(=O)CN2CCN(C(=O)C3CC(F)(F)CN3)CC2)C1. The summed E-state index contributed by atoms with van der Waals surface area (Å²) in [4.78, 5) is 30.6. The standard InChI is InChI=1S/C18H30F2N4O2/c1-13-7-14(2)10-24(9-13)16(25)11-22-3-5-23(6-4-22)17(26)15-8-18(19,20)12-21-15/h13-15,21H,3-12H2,1-2H3. The van der Waals surface area contributed by atoms with E-state index in [0.717, 1.165) is 13.1 Å².